The highest BCUT2D eigenvalue weighted by Crippen LogP contribution is 2.22. The van der Waals surface area contributed by atoms with Gasteiger partial charge >= 0.3 is 0 Å². The Morgan fingerprint density at radius 3 is 2.83 bits per heavy atom. The molecule has 1 amide bonds. The van der Waals surface area contributed by atoms with Crippen LogP contribution in [0, 0.1) is 0 Å². The van der Waals surface area contributed by atoms with Gasteiger partial charge in [-0.2, -0.15) is 5.10 Å². The number of carbonyl (C=O) groups excluding carboxylic acids is 2. The van der Waals surface area contributed by atoms with Crippen LogP contribution in [0.3, 0.4) is 0 Å². The Morgan fingerprint density at radius 1 is 1.44 bits per heavy atom. The molecular formula is C13H19N3O2. The van der Waals surface area contributed by atoms with Gasteiger partial charge in [0.15, 0.2) is 0 Å². The van der Waals surface area contributed by atoms with Crippen molar-refractivity contribution in [3.8, 4) is 0 Å². The molecule has 1 aliphatic rings. The van der Waals surface area contributed by atoms with E-state index in [0.29, 0.717) is 12.1 Å². The van der Waals surface area contributed by atoms with Crippen molar-refractivity contribution in [3.63, 3.8) is 0 Å². The number of aromatic nitrogens is 2. The fourth-order valence-corrected chi connectivity index (χ4v) is 2.54. The highest BCUT2D eigenvalue weighted by atomic mass is 16.2. The summed E-state index contributed by atoms with van der Waals surface area (Å²) < 4.78 is 1.59. The van der Waals surface area contributed by atoms with Gasteiger partial charge < -0.3 is 4.90 Å². The summed E-state index contributed by atoms with van der Waals surface area (Å²) in [7, 11) is 1.76. The van der Waals surface area contributed by atoms with Crippen molar-refractivity contribution in [3.05, 3.63) is 18.0 Å². The molecule has 18 heavy (non-hydrogen) atoms. The van der Waals surface area contributed by atoms with Crippen LogP contribution >= 0.6 is 0 Å². The Hall–Kier alpha value is -1.65. The second-order valence-electron chi connectivity index (χ2n) is 4.89. The summed E-state index contributed by atoms with van der Waals surface area (Å²) in [6, 6.07) is 1.78. The molecule has 1 unspecified atom stereocenters. The predicted octanol–water partition coefficient (Wildman–Crippen LogP) is 1.39. The standard InChI is InChI=1S/C13H19N3O2/c1-10(17)9-11-5-3-4-8-16(11)13(18)12-6-7-14-15(12)2/h6-7,11H,3-5,8-9H2,1-2H3. The molecule has 1 aromatic heterocycles. The molecule has 0 saturated carbocycles. The van der Waals surface area contributed by atoms with Crippen molar-refractivity contribution in [2.24, 2.45) is 7.05 Å². The fourth-order valence-electron chi connectivity index (χ4n) is 2.54. The lowest BCUT2D eigenvalue weighted by atomic mass is 9.97. The van der Waals surface area contributed by atoms with Crippen molar-refractivity contribution in [2.75, 3.05) is 6.54 Å². The number of likely N-dealkylation sites (tertiary alicyclic amines) is 1. The molecule has 0 radical (unpaired) electrons. The number of Topliss-reactive ketones (excluding diaryl/α,β-unsaturated/α-hetero) is 1. The van der Waals surface area contributed by atoms with Crippen LogP contribution in [0.15, 0.2) is 12.3 Å². The van der Waals surface area contributed by atoms with Gasteiger partial charge in [0.25, 0.3) is 5.91 Å². The van der Waals surface area contributed by atoms with Crippen molar-refractivity contribution >= 4 is 11.7 Å². The van der Waals surface area contributed by atoms with E-state index in [2.05, 4.69) is 5.10 Å². The van der Waals surface area contributed by atoms with Crippen LogP contribution in [0.25, 0.3) is 0 Å². The van der Waals surface area contributed by atoms with E-state index in [-0.39, 0.29) is 17.7 Å². The van der Waals surface area contributed by atoms with Crippen molar-refractivity contribution in [1.82, 2.24) is 14.7 Å². The number of nitrogens with zero attached hydrogens (tertiary/aromatic N) is 3. The Morgan fingerprint density at radius 2 is 2.22 bits per heavy atom. The van der Waals surface area contributed by atoms with Crippen molar-refractivity contribution < 1.29 is 9.59 Å². The van der Waals surface area contributed by atoms with Gasteiger partial charge in [0, 0.05) is 32.3 Å². The number of ketones is 1. The molecule has 0 aliphatic carbocycles. The van der Waals surface area contributed by atoms with Crippen LogP contribution in [-0.2, 0) is 11.8 Å². The van der Waals surface area contributed by atoms with Gasteiger partial charge in [-0.1, -0.05) is 0 Å². The van der Waals surface area contributed by atoms with Crippen LogP contribution in [-0.4, -0.2) is 39.0 Å². The average molecular weight is 249 g/mol. The molecule has 98 valence electrons. The van der Waals surface area contributed by atoms with E-state index in [9.17, 15) is 9.59 Å². The van der Waals surface area contributed by atoms with E-state index in [1.807, 2.05) is 4.90 Å². The van der Waals surface area contributed by atoms with Crippen LogP contribution in [0.2, 0.25) is 0 Å². The third-order valence-electron chi connectivity index (χ3n) is 3.45. The van der Waals surface area contributed by atoms with Gasteiger partial charge in [-0.15, -0.1) is 0 Å². The van der Waals surface area contributed by atoms with E-state index in [1.165, 1.54) is 0 Å². The summed E-state index contributed by atoms with van der Waals surface area (Å²) in [5.74, 6) is 0.130. The first-order valence-corrected chi connectivity index (χ1v) is 6.38. The summed E-state index contributed by atoms with van der Waals surface area (Å²) in [6.07, 6.45) is 5.11. The minimum atomic E-state index is -0.0130. The first kappa shape index (κ1) is 12.8. The molecule has 0 aromatic carbocycles. The lowest BCUT2D eigenvalue weighted by molar-refractivity contribution is -0.118. The third kappa shape index (κ3) is 2.60. The Balaban J connectivity index is 2.16. The first-order valence-electron chi connectivity index (χ1n) is 6.38. The van der Waals surface area contributed by atoms with E-state index in [0.717, 1.165) is 25.8 Å². The van der Waals surface area contributed by atoms with E-state index in [4.69, 9.17) is 0 Å². The van der Waals surface area contributed by atoms with E-state index < -0.39 is 0 Å². The van der Waals surface area contributed by atoms with Gasteiger partial charge in [-0.3, -0.25) is 14.3 Å². The number of carbonyl (C=O) groups is 2. The number of piperidine rings is 1. The molecular weight excluding hydrogens is 230 g/mol. The Labute approximate surface area is 107 Å². The first-order chi connectivity index (χ1) is 8.59. The minimum Gasteiger partial charge on any atom is -0.334 e. The zero-order chi connectivity index (χ0) is 13.1. The predicted molar refractivity (Wildman–Crippen MR) is 67.2 cm³/mol. The van der Waals surface area contributed by atoms with Crippen LogP contribution in [0.5, 0.6) is 0 Å². The molecule has 2 heterocycles. The summed E-state index contributed by atoms with van der Waals surface area (Å²) >= 11 is 0. The molecule has 0 N–H and O–H groups in total. The van der Waals surface area contributed by atoms with Gasteiger partial charge in [-0.25, -0.2) is 0 Å². The SMILES string of the molecule is CC(=O)CC1CCCCN1C(=O)c1ccnn1C. The maximum absolute atomic E-state index is 12.4. The number of hydrogen-bond donors (Lipinski definition) is 0. The molecule has 5 heteroatoms. The van der Waals surface area contributed by atoms with Gasteiger partial charge in [-0.05, 0) is 32.3 Å². The zero-order valence-corrected chi connectivity index (χ0v) is 10.9. The zero-order valence-electron chi connectivity index (χ0n) is 10.9. The largest absolute Gasteiger partial charge is 0.334 e. The topological polar surface area (TPSA) is 55.2 Å². The van der Waals surface area contributed by atoms with Crippen molar-refractivity contribution in [2.45, 2.75) is 38.6 Å². The second kappa shape index (κ2) is 5.33. The van der Waals surface area contributed by atoms with Gasteiger partial charge in [0.1, 0.15) is 11.5 Å². The van der Waals surface area contributed by atoms with Crippen LogP contribution < -0.4 is 0 Å². The molecule has 1 aliphatic heterocycles. The lowest BCUT2D eigenvalue weighted by Crippen LogP contribution is -2.45. The van der Waals surface area contributed by atoms with Gasteiger partial charge in [0.05, 0.1) is 0 Å². The van der Waals surface area contributed by atoms with Crippen molar-refractivity contribution in [1.29, 1.82) is 0 Å². The number of rotatable bonds is 3. The number of hydrogen-bond acceptors (Lipinski definition) is 3. The lowest BCUT2D eigenvalue weighted by Gasteiger charge is -2.35. The van der Waals surface area contributed by atoms with E-state index in [1.54, 1.807) is 30.9 Å². The molecule has 1 atom stereocenters. The highest BCUT2D eigenvalue weighted by molar-refractivity contribution is 5.93. The number of aryl methyl sites for hydroxylation is 1. The Kier molecular flexibility index (Phi) is 3.79. The Bertz CT molecular complexity index is 453. The molecule has 0 bridgehead atoms. The quantitative estimate of drug-likeness (QED) is 0.813. The maximum atomic E-state index is 12.4. The fraction of sp³-hybridized carbons (Fsp3) is 0.615. The number of amides is 1. The third-order valence-corrected chi connectivity index (χ3v) is 3.45. The normalized spacial score (nSPS) is 19.9. The molecule has 1 aromatic rings. The molecule has 1 fully saturated rings. The van der Waals surface area contributed by atoms with Crippen LogP contribution in [0.4, 0.5) is 0 Å². The summed E-state index contributed by atoms with van der Waals surface area (Å²) in [5.41, 5.74) is 0.588. The maximum Gasteiger partial charge on any atom is 0.272 e. The van der Waals surface area contributed by atoms with E-state index >= 15 is 0 Å². The summed E-state index contributed by atoms with van der Waals surface area (Å²) in [5, 5.41) is 4.02. The highest BCUT2D eigenvalue weighted by Gasteiger charge is 2.29. The summed E-state index contributed by atoms with van der Waals surface area (Å²) in [4.78, 5) is 25.5. The monoisotopic (exact) mass is 249 g/mol. The van der Waals surface area contributed by atoms with Gasteiger partial charge in [0.2, 0.25) is 0 Å². The second-order valence-corrected chi connectivity index (χ2v) is 4.89. The molecule has 5 nitrogen and oxygen atoms in total. The van der Waals surface area contributed by atoms with Crippen LogP contribution in [0.1, 0.15) is 43.1 Å². The smallest absolute Gasteiger partial charge is 0.272 e. The summed E-state index contributed by atoms with van der Waals surface area (Å²) in [6.45, 7) is 2.32. The molecule has 2 rings (SSSR count). The minimum absolute atomic E-state index is 0.0130. The molecule has 1 saturated heterocycles. The molecule has 0 spiro atoms. The average Bonchev–Trinajstić information content (AvgIpc) is 2.74.